The van der Waals surface area contributed by atoms with E-state index in [1.807, 2.05) is 18.4 Å². The van der Waals surface area contributed by atoms with Crippen LogP contribution in [0.15, 0.2) is 55.1 Å². The lowest BCUT2D eigenvalue weighted by Crippen LogP contribution is -2.16. The molecule has 0 atom stereocenters. The number of anilines is 1. The Kier molecular flexibility index (Phi) is 6.34. The number of rotatable bonds is 7. The molecule has 4 rings (SSSR count). The highest BCUT2D eigenvalue weighted by Crippen LogP contribution is 2.32. The number of hydrogen-bond donors (Lipinski definition) is 1. The molecule has 0 unspecified atom stereocenters. The molecular formula is C23H20ClF2N5O3. The fraction of sp³-hybridized carbons (Fsp3) is 0.217. The zero-order valence-corrected chi connectivity index (χ0v) is 19.2. The maximum absolute atomic E-state index is 13.0. The van der Waals surface area contributed by atoms with Gasteiger partial charge < -0.3 is 19.4 Å². The summed E-state index contributed by atoms with van der Waals surface area (Å²) in [5.74, 6) is -0.548. The average Bonchev–Trinajstić information content (AvgIpc) is 3.23. The molecule has 1 N–H and O–H groups in total. The summed E-state index contributed by atoms with van der Waals surface area (Å²) in [5, 5.41) is 2.74. The van der Waals surface area contributed by atoms with Gasteiger partial charge in [-0.25, -0.2) is 15.0 Å². The highest BCUT2D eigenvalue weighted by Gasteiger charge is 2.27. The molecular weight excluding hydrogens is 468 g/mol. The van der Waals surface area contributed by atoms with Crippen LogP contribution in [0.2, 0.25) is 0 Å². The second kappa shape index (κ2) is 9.22. The Morgan fingerprint density at radius 3 is 2.38 bits per heavy atom. The van der Waals surface area contributed by atoms with Crippen LogP contribution in [0.1, 0.15) is 30.2 Å². The van der Waals surface area contributed by atoms with Crippen LogP contribution in [0.5, 0.6) is 11.8 Å². The highest BCUT2D eigenvalue weighted by molar-refractivity contribution is 6.20. The van der Waals surface area contributed by atoms with Crippen LogP contribution < -0.4 is 14.8 Å². The van der Waals surface area contributed by atoms with Crippen LogP contribution in [0.4, 0.5) is 14.5 Å². The number of aromatic nitrogens is 4. The van der Waals surface area contributed by atoms with Gasteiger partial charge in [-0.2, -0.15) is 0 Å². The number of hydrogen-bond acceptors (Lipinski definition) is 6. The molecule has 2 aromatic heterocycles. The Bertz CT molecular complexity index is 1320. The first-order chi connectivity index (χ1) is 16.1. The maximum Gasteiger partial charge on any atom is 0.487 e. The summed E-state index contributed by atoms with van der Waals surface area (Å²) in [7, 11) is 1.48. The Balaban J connectivity index is 1.69. The maximum atomic E-state index is 13.0. The fourth-order valence-corrected chi connectivity index (χ4v) is 3.51. The molecule has 0 aliphatic heterocycles. The third-order valence-corrected chi connectivity index (χ3v) is 5.03. The zero-order valence-electron chi connectivity index (χ0n) is 18.4. The van der Waals surface area contributed by atoms with Gasteiger partial charge in [0.15, 0.2) is 0 Å². The van der Waals surface area contributed by atoms with Crippen molar-refractivity contribution < 1.29 is 23.0 Å². The van der Waals surface area contributed by atoms with Gasteiger partial charge in [-0.1, -0.05) is 0 Å². The molecule has 0 bridgehead atoms. The number of benzene rings is 2. The van der Waals surface area contributed by atoms with Crippen molar-refractivity contribution in [2.75, 3.05) is 12.4 Å². The van der Waals surface area contributed by atoms with E-state index in [9.17, 15) is 13.6 Å². The van der Waals surface area contributed by atoms with Gasteiger partial charge >= 0.3 is 11.6 Å². The van der Waals surface area contributed by atoms with Crippen molar-refractivity contribution in [1.29, 1.82) is 0 Å². The van der Waals surface area contributed by atoms with Crippen LogP contribution in [0.25, 0.3) is 22.2 Å². The molecule has 2 heterocycles. The summed E-state index contributed by atoms with van der Waals surface area (Å²) in [6.45, 7) is 4.06. The van der Waals surface area contributed by atoms with Crippen molar-refractivity contribution in [3.63, 3.8) is 0 Å². The molecule has 0 spiro atoms. The molecule has 0 saturated heterocycles. The topological polar surface area (TPSA) is 91.2 Å². The molecule has 1 amide bonds. The van der Waals surface area contributed by atoms with E-state index in [1.165, 1.54) is 31.4 Å². The van der Waals surface area contributed by atoms with E-state index in [4.69, 9.17) is 16.3 Å². The van der Waals surface area contributed by atoms with Gasteiger partial charge in [0.25, 0.3) is 5.91 Å². The number of halogens is 3. The Morgan fingerprint density at radius 1 is 1.12 bits per heavy atom. The van der Waals surface area contributed by atoms with Crippen molar-refractivity contribution in [2.24, 2.45) is 0 Å². The molecule has 0 aliphatic rings. The quantitative estimate of drug-likeness (QED) is 0.346. The number of ether oxygens (including phenoxy) is 2. The minimum atomic E-state index is -3.82. The average molecular weight is 488 g/mol. The van der Waals surface area contributed by atoms with E-state index in [0.717, 1.165) is 11.1 Å². The number of methoxy groups -OCH3 is 1. The molecule has 2 aromatic carbocycles. The highest BCUT2D eigenvalue weighted by atomic mass is 35.5. The zero-order chi connectivity index (χ0) is 24.5. The smallest absolute Gasteiger partial charge is 0.467 e. The lowest BCUT2D eigenvalue weighted by molar-refractivity contribution is -0.0964. The van der Waals surface area contributed by atoms with E-state index in [1.54, 1.807) is 30.9 Å². The predicted octanol–water partition coefficient (Wildman–Crippen LogP) is 5.50. The number of alkyl halides is 3. The first kappa shape index (κ1) is 23.4. The molecule has 0 radical (unpaired) electrons. The monoisotopic (exact) mass is 487 g/mol. The molecule has 0 saturated carbocycles. The fourth-order valence-electron chi connectivity index (χ4n) is 3.42. The van der Waals surface area contributed by atoms with Crippen molar-refractivity contribution in [3.8, 4) is 22.9 Å². The van der Waals surface area contributed by atoms with Crippen LogP contribution in [0, 0.1) is 0 Å². The molecule has 11 heteroatoms. The number of nitrogens with zero attached hydrogens (tertiary/aromatic N) is 4. The van der Waals surface area contributed by atoms with Gasteiger partial charge in [0, 0.05) is 52.4 Å². The molecule has 34 heavy (non-hydrogen) atoms. The summed E-state index contributed by atoms with van der Waals surface area (Å²) < 4.78 is 36.9. The number of fused-ring (bicyclic) bond motifs is 1. The van der Waals surface area contributed by atoms with Crippen molar-refractivity contribution in [3.05, 3.63) is 60.7 Å². The van der Waals surface area contributed by atoms with Crippen LogP contribution in [0.3, 0.4) is 0 Å². The van der Waals surface area contributed by atoms with Gasteiger partial charge in [-0.15, -0.1) is 8.78 Å². The Morgan fingerprint density at radius 2 is 1.79 bits per heavy atom. The van der Waals surface area contributed by atoms with Gasteiger partial charge in [-0.3, -0.25) is 4.79 Å². The first-order valence-corrected chi connectivity index (χ1v) is 10.6. The summed E-state index contributed by atoms with van der Waals surface area (Å²) in [6.07, 6.45) is 4.95. The molecule has 0 aliphatic carbocycles. The lowest BCUT2D eigenvalue weighted by Gasteiger charge is -2.14. The second-order valence-electron chi connectivity index (χ2n) is 7.62. The van der Waals surface area contributed by atoms with Gasteiger partial charge in [-0.05, 0) is 50.2 Å². The number of carbonyl (C=O) groups is 1. The normalized spacial score (nSPS) is 11.6. The van der Waals surface area contributed by atoms with Gasteiger partial charge in [0.05, 0.1) is 24.5 Å². The largest absolute Gasteiger partial charge is 0.487 e. The molecule has 4 aromatic rings. The van der Waals surface area contributed by atoms with E-state index >= 15 is 0 Å². The van der Waals surface area contributed by atoms with Crippen molar-refractivity contribution >= 4 is 34.2 Å². The van der Waals surface area contributed by atoms with Crippen molar-refractivity contribution in [1.82, 2.24) is 19.5 Å². The summed E-state index contributed by atoms with van der Waals surface area (Å²) in [5.41, 5.74) is -0.210. The Labute approximate surface area is 198 Å². The standard InChI is InChI=1S/C23H20ClF2N5O3/c1-13(2)31-12-29-19-9-14(8-18(20(19)31)15-10-27-22(33-3)28-11-15)21(32)30-16-4-6-17(7-5-16)34-23(24,25)26/h4-13H,1-3H3,(H,30,32). The molecule has 176 valence electrons. The summed E-state index contributed by atoms with van der Waals surface area (Å²) >= 11 is 4.77. The SMILES string of the molecule is COc1ncc(-c2cc(C(=O)Nc3ccc(OC(F)(F)Cl)cc3)cc3ncn(C(C)C)c23)cn1. The minimum absolute atomic E-state index is 0.128. The van der Waals surface area contributed by atoms with Crippen LogP contribution >= 0.6 is 11.6 Å². The third kappa shape index (κ3) is 5.07. The van der Waals surface area contributed by atoms with E-state index in [-0.39, 0.29) is 17.8 Å². The van der Waals surface area contributed by atoms with Gasteiger partial charge in [0.2, 0.25) is 0 Å². The van der Waals surface area contributed by atoms with Crippen LogP contribution in [-0.4, -0.2) is 38.1 Å². The number of imidazole rings is 1. The first-order valence-electron chi connectivity index (χ1n) is 10.2. The van der Waals surface area contributed by atoms with E-state index in [2.05, 4.69) is 25.0 Å². The lowest BCUT2D eigenvalue weighted by atomic mass is 10.0. The third-order valence-electron chi connectivity index (χ3n) is 4.96. The second-order valence-corrected chi connectivity index (χ2v) is 8.06. The van der Waals surface area contributed by atoms with E-state index in [0.29, 0.717) is 22.3 Å². The minimum Gasteiger partial charge on any atom is -0.467 e. The number of nitrogens with one attached hydrogen (secondary N) is 1. The van der Waals surface area contributed by atoms with E-state index < -0.39 is 11.5 Å². The summed E-state index contributed by atoms with van der Waals surface area (Å²) in [4.78, 5) is 25.9. The van der Waals surface area contributed by atoms with Crippen molar-refractivity contribution in [2.45, 2.75) is 25.5 Å². The number of carbonyl (C=O) groups excluding carboxylic acids is 1. The van der Waals surface area contributed by atoms with Gasteiger partial charge in [0.1, 0.15) is 5.75 Å². The summed E-state index contributed by atoms with van der Waals surface area (Å²) in [6, 6.07) is 9.19. The molecule has 8 nitrogen and oxygen atoms in total. The molecule has 0 fully saturated rings. The number of amides is 1. The Hall–Kier alpha value is -3.79. The predicted molar refractivity (Wildman–Crippen MR) is 124 cm³/mol. The van der Waals surface area contributed by atoms with Crippen LogP contribution in [-0.2, 0) is 0 Å².